The molecule has 7 nitrogen and oxygen atoms in total. The van der Waals surface area contributed by atoms with Crippen molar-refractivity contribution in [1.29, 1.82) is 0 Å². The van der Waals surface area contributed by atoms with Gasteiger partial charge in [-0.2, -0.15) is 5.10 Å². The molecule has 0 unspecified atom stereocenters. The number of nitrogens with one attached hydrogen (secondary N) is 2. The summed E-state index contributed by atoms with van der Waals surface area (Å²) in [5.41, 5.74) is 2.95. The van der Waals surface area contributed by atoms with Crippen molar-refractivity contribution >= 4 is 45.6 Å². The first kappa shape index (κ1) is 24.6. The Labute approximate surface area is 193 Å². The second kappa shape index (κ2) is 11.7. The molecule has 2 aromatic rings. The van der Waals surface area contributed by atoms with Crippen LogP contribution in [0.4, 0.5) is 4.39 Å². The highest BCUT2D eigenvalue weighted by molar-refractivity contribution is 9.10. The summed E-state index contributed by atoms with van der Waals surface area (Å²) >= 11 is 9.46. The molecule has 0 fully saturated rings. The monoisotopic (exact) mass is 513 g/mol. The molecule has 0 saturated heterocycles. The number of rotatable bonds is 8. The van der Waals surface area contributed by atoms with Crippen molar-refractivity contribution in [2.45, 2.75) is 33.4 Å². The predicted molar refractivity (Wildman–Crippen MR) is 120 cm³/mol. The Balaban J connectivity index is 2.16. The number of carbonyl (C=O) groups excluding carboxylic acids is 2. The lowest BCUT2D eigenvalue weighted by atomic mass is 10.2. The van der Waals surface area contributed by atoms with Crippen LogP contribution in [0.1, 0.15) is 31.9 Å². The maximum Gasteiger partial charge on any atom is 0.329 e. The molecule has 0 aliphatic heterocycles. The molecule has 0 aliphatic carbocycles. The molecule has 2 aromatic carbocycles. The number of benzene rings is 2. The van der Waals surface area contributed by atoms with Crippen LogP contribution in [0.15, 0.2) is 39.9 Å². The van der Waals surface area contributed by atoms with Crippen LogP contribution in [0.5, 0.6) is 11.5 Å². The van der Waals surface area contributed by atoms with E-state index in [0.29, 0.717) is 28.1 Å². The quantitative estimate of drug-likeness (QED) is 0.314. The van der Waals surface area contributed by atoms with Crippen molar-refractivity contribution in [3.8, 4) is 11.5 Å². The highest BCUT2D eigenvalue weighted by Crippen LogP contribution is 2.37. The van der Waals surface area contributed by atoms with E-state index in [1.165, 1.54) is 18.3 Å². The van der Waals surface area contributed by atoms with Gasteiger partial charge in [-0.25, -0.2) is 9.82 Å². The van der Waals surface area contributed by atoms with Gasteiger partial charge in [0.15, 0.2) is 11.5 Å². The summed E-state index contributed by atoms with van der Waals surface area (Å²) in [6.45, 7) is 5.55. The number of carbonyl (C=O) groups is 2. The standard InChI is InChI=1S/C21H22BrClFN3O4/c1-4-30-18-9-13(10-25-27-21(29)20(28)26-12(2)3)8-15(22)19(18)31-11-14-16(23)6-5-7-17(14)24/h5-10,12H,4,11H2,1-3H3,(H,26,28)(H,27,29)/b25-10-. The van der Waals surface area contributed by atoms with E-state index < -0.39 is 17.6 Å². The third-order valence-corrected chi connectivity index (χ3v) is 4.70. The van der Waals surface area contributed by atoms with Gasteiger partial charge in [0.2, 0.25) is 0 Å². The number of hydrazone groups is 1. The number of amides is 2. The molecule has 10 heteroatoms. The van der Waals surface area contributed by atoms with Crippen LogP contribution in [-0.4, -0.2) is 30.7 Å². The zero-order chi connectivity index (χ0) is 23.0. The van der Waals surface area contributed by atoms with Crippen molar-refractivity contribution in [2.24, 2.45) is 5.10 Å². The smallest absolute Gasteiger partial charge is 0.329 e. The molecule has 0 heterocycles. The second-order valence-electron chi connectivity index (χ2n) is 6.58. The van der Waals surface area contributed by atoms with Gasteiger partial charge in [-0.05, 0) is 66.5 Å². The molecule has 0 spiro atoms. The Hall–Kier alpha value is -2.65. The van der Waals surface area contributed by atoms with E-state index in [9.17, 15) is 14.0 Å². The van der Waals surface area contributed by atoms with E-state index in [1.54, 1.807) is 39.0 Å². The maximum atomic E-state index is 14.0. The Kier molecular flexibility index (Phi) is 9.26. The topological polar surface area (TPSA) is 89.0 Å². The van der Waals surface area contributed by atoms with Gasteiger partial charge >= 0.3 is 11.8 Å². The Bertz CT molecular complexity index is 965. The fraction of sp³-hybridized carbons (Fsp3) is 0.286. The van der Waals surface area contributed by atoms with Crippen molar-refractivity contribution < 1.29 is 23.5 Å². The molecule has 0 aromatic heterocycles. The molecule has 2 rings (SSSR count). The molecule has 0 aliphatic rings. The van der Waals surface area contributed by atoms with Crippen LogP contribution in [0.2, 0.25) is 5.02 Å². The van der Waals surface area contributed by atoms with E-state index in [2.05, 4.69) is 31.8 Å². The lowest BCUT2D eigenvalue weighted by Crippen LogP contribution is -2.41. The first-order chi connectivity index (χ1) is 14.7. The van der Waals surface area contributed by atoms with Gasteiger partial charge in [-0.1, -0.05) is 17.7 Å². The molecule has 0 radical (unpaired) electrons. The largest absolute Gasteiger partial charge is 0.490 e. The number of hydrogen-bond acceptors (Lipinski definition) is 5. The molecule has 0 bridgehead atoms. The normalized spacial score (nSPS) is 10.9. The summed E-state index contributed by atoms with van der Waals surface area (Å²) in [7, 11) is 0. The Morgan fingerprint density at radius 1 is 1.26 bits per heavy atom. The Morgan fingerprint density at radius 2 is 2.00 bits per heavy atom. The van der Waals surface area contributed by atoms with Crippen LogP contribution in [0, 0.1) is 5.82 Å². The van der Waals surface area contributed by atoms with Crippen molar-refractivity contribution in [3.63, 3.8) is 0 Å². The van der Waals surface area contributed by atoms with Crippen LogP contribution >= 0.6 is 27.5 Å². The van der Waals surface area contributed by atoms with Crippen LogP contribution in [-0.2, 0) is 16.2 Å². The highest BCUT2D eigenvalue weighted by atomic mass is 79.9. The van der Waals surface area contributed by atoms with Gasteiger partial charge < -0.3 is 14.8 Å². The third kappa shape index (κ3) is 7.22. The van der Waals surface area contributed by atoms with Gasteiger partial charge in [0.25, 0.3) is 0 Å². The highest BCUT2D eigenvalue weighted by Gasteiger charge is 2.16. The number of halogens is 3. The van der Waals surface area contributed by atoms with Crippen LogP contribution in [0.25, 0.3) is 0 Å². The first-order valence-corrected chi connectivity index (χ1v) is 10.6. The second-order valence-corrected chi connectivity index (χ2v) is 7.84. The minimum atomic E-state index is -0.879. The fourth-order valence-electron chi connectivity index (χ4n) is 2.42. The number of nitrogens with zero attached hydrogens (tertiary/aromatic N) is 1. The summed E-state index contributed by atoms with van der Waals surface area (Å²) in [5, 5.41) is 6.51. The molecule has 0 atom stereocenters. The number of ether oxygens (including phenoxy) is 2. The van der Waals surface area contributed by atoms with Crippen molar-refractivity contribution in [1.82, 2.24) is 10.7 Å². The molecule has 0 saturated carbocycles. The lowest BCUT2D eigenvalue weighted by molar-refractivity contribution is -0.139. The van der Waals surface area contributed by atoms with Gasteiger partial charge in [-0.15, -0.1) is 0 Å². The van der Waals surface area contributed by atoms with E-state index in [0.717, 1.165) is 0 Å². The van der Waals surface area contributed by atoms with Gasteiger partial charge in [-0.3, -0.25) is 9.59 Å². The third-order valence-electron chi connectivity index (χ3n) is 3.76. The molecule has 31 heavy (non-hydrogen) atoms. The lowest BCUT2D eigenvalue weighted by Gasteiger charge is -2.15. The zero-order valence-electron chi connectivity index (χ0n) is 17.2. The van der Waals surface area contributed by atoms with E-state index in [-0.39, 0.29) is 23.2 Å². The van der Waals surface area contributed by atoms with E-state index in [1.807, 2.05) is 0 Å². The average molecular weight is 515 g/mol. The van der Waals surface area contributed by atoms with Gasteiger partial charge in [0.05, 0.1) is 22.3 Å². The summed E-state index contributed by atoms with van der Waals surface area (Å²) in [6, 6.07) is 7.54. The zero-order valence-corrected chi connectivity index (χ0v) is 19.5. The first-order valence-electron chi connectivity index (χ1n) is 9.38. The summed E-state index contributed by atoms with van der Waals surface area (Å²) in [5.74, 6) is -1.38. The minimum absolute atomic E-state index is 0.0986. The fourth-order valence-corrected chi connectivity index (χ4v) is 3.22. The summed E-state index contributed by atoms with van der Waals surface area (Å²) in [6.07, 6.45) is 1.35. The summed E-state index contributed by atoms with van der Waals surface area (Å²) in [4.78, 5) is 23.3. The average Bonchev–Trinajstić information content (AvgIpc) is 2.68. The molecule has 2 amide bonds. The molecule has 2 N–H and O–H groups in total. The van der Waals surface area contributed by atoms with Crippen LogP contribution < -0.4 is 20.2 Å². The van der Waals surface area contributed by atoms with Crippen LogP contribution in [0.3, 0.4) is 0 Å². The summed E-state index contributed by atoms with van der Waals surface area (Å²) < 4.78 is 25.9. The SMILES string of the molecule is CCOc1cc(/C=N\NC(=O)C(=O)NC(C)C)cc(Br)c1OCc1c(F)cccc1Cl. The van der Waals surface area contributed by atoms with Crippen molar-refractivity contribution in [3.05, 3.63) is 56.8 Å². The van der Waals surface area contributed by atoms with Crippen molar-refractivity contribution in [2.75, 3.05) is 6.61 Å². The Morgan fingerprint density at radius 3 is 2.65 bits per heavy atom. The van der Waals surface area contributed by atoms with E-state index >= 15 is 0 Å². The van der Waals surface area contributed by atoms with Gasteiger partial charge in [0, 0.05) is 11.6 Å². The molecular weight excluding hydrogens is 493 g/mol. The molecular formula is C21H22BrClFN3O4. The maximum absolute atomic E-state index is 14.0. The minimum Gasteiger partial charge on any atom is -0.490 e. The molecule has 166 valence electrons. The van der Waals surface area contributed by atoms with Gasteiger partial charge in [0.1, 0.15) is 12.4 Å². The van der Waals surface area contributed by atoms with E-state index in [4.69, 9.17) is 21.1 Å². The number of hydrogen-bond donors (Lipinski definition) is 2. The predicted octanol–water partition coefficient (Wildman–Crippen LogP) is 4.19.